The zero-order valence-electron chi connectivity index (χ0n) is 14.1. The number of methoxy groups -OCH3 is 1. The molecule has 0 saturated carbocycles. The monoisotopic (exact) mass is 336 g/mol. The van der Waals surface area contributed by atoms with Gasteiger partial charge in [0.1, 0.15) is 5.75 Å². The van der Waals surface area contributed by atoms with Gasteiger partial charge in [0.2, 0.25) is 5.91 Å². The minimum absolute atomic E-state index is 0.0110. The van der Waals surface area contributed by atoms with Crippen LogP contribution in [0.5, 0.6) is 5.75 Å². The normalized spacial score (nSPS) is 17.2. The average Bonchev–Trinajstić information content (AvgIpc) is 3.29. The van der Waals surface area contributed by atoms with E-state index in [1.54, 1.807) is 7.11 Å². The summed E-state index contributed by atoms with van der Waals surface area (Å²) >= 11 is 0. The Balaban J connectivity index is 1.55. The van der Waals surface area contributed by atoms with Crippen LogP contribution in [0.25, 0.3) is 5.65 Å². The summed E-state index contributed by atoms with van der Waals surface area (Å²) in [7, 11) is 1.64. The zero-order chi connectivity index (χ0) is 17.2. The number of aromatic nitrogens is 3. The number of benzene rings is 1. The first-order valence-electron chi connectivity index (χ1n) is 8.48. The molecule has 0 radical (unpaired) electrons. The molecule has 2 aromatic heterocycles. The van der Waals surface area contributed by atoms with Gasteiger partial charge in [-0.05, 0) is 42.7 Å². The largest absolute Gasteiger partial charge is 0.497 e. The summed E-state index contributed by atoms with van der Waals surface area (Å²) in [6.45, 7) is 0.765. The van der Waals surface area contributed by atoms with Crippen LogP contribution < -0.4 is 4.74 Å². The molecule has 0 unspecified atom stereocenters. The number of likely N-dealkylation sites (tertiary alicyclic amines) is 1. The van der Waals surface area contributed by atoms with E-state index in [-0.39, 0.29) is 11.9 Å². The summed E-state index contributed by atoms with van der Waals surface area (Å²) in [4.78, 5) is 14.8. The lowest BCUT2D eigenvalue weighted by atomic mass is 10.1. The molecule has 1 aliphatic heterocycles. The molecule has 0 bridgehead atoms. The van der Waals surface area contributed by atoms with Gasteiger partial charge in [-0.1, -0.05) is 18.2 Å². The number of rotatable bonds is 4. The van der Waals surface area contributed by atoms with Gasteiger partial charge in [-0.25, -0.2) is 0 Å². The number of carbonyl (C=O) groups is 1. The summed E-state index contributed by atoms with van der Waals surface area (Å²) < 4.78 is 7.14. The summed E-state index contributed by atoms with van der Waals surface area (Å²) in [5.74, 6) is 1.77. The van der Waals surface area contributed by atoms with E-state index >= 15 is 0 Å². The summed E-state index contributed by atoms with van der Waals surface area (Å²) in [6.07, 6.45) is 4.25. The molecule has 1 amide bonds. The third-order valence-corrected chi connectivity index (χ3v) is 4.73. The summed E-state index contributed by atoms with van der Waals surface area (Å²) in [5, 5.41) is 8.56. The highest BCUT2D eigenvalue weighted by Crippen LogP contribution is 2.31. The van der Waals surface area contributed by atoms with Crippen LogP contribution in [0.15, 0.2) is 48.7 Å². The number of hydrogen-bond acceptors (Lipinski definition) is 4. The van der Waals surface area contributed by atoms with Crippen molar-refractivity contribution in [3.63, 3.8) is 0 Å². The van der Waals surface area contributed by atoms with Gasteiger partial charge in [-0.3, -0.25) is 9.20 Å². The fraction of sp³-hybridized carbons (Fsp3) is 0.316. The van der Waals surface area contributed by atoms with Crippen LogP contribution in [0.2, 0.25) is 0 Å². The highest BCUT2D eigenvalue weighted by atomic mass is 16.5. The van der Waals surface area contributed by atoms with E-state index in [1.807, 2.05) is 58.0 Å². The Bertz CT molecular complexity index is 888. The quantitative estimate of drug-likeness (QED) is 0.735. The topological polar surface area (TPSA) is 59.7 Å². The van der Waals surface area contributed by atoms with Crippen molar-refractivity contribution in [2.75, 3.05) is 13.7 Å². The van der Waals surface area contributed by atoms with Gasteiger partial charge in [-0.2, -0.15) is 0 Å². The molecule has 3 heterocycles. The predicted molar refractivity (Wildman–Crippen MR) is 93.4 cm³/mol. The van der Waals surface area contributed by atoms with Gasteiger partial charge in [-0.15, -0.1) is 10.2 Å². The van der Waals surface area contributed by atoms with E-state index in [2.05, 4.69) is 10.2 Å². The Morgan fingerprint density at radius 2 is 2.04 bits per heavy atom. The van der Waals surface area contributed by atoms with Crippen LogP contribution in [-0.4, -0.2) is 39.1 Å². The van der Waals surface area contributed by atoms with Gasteiger partial charge in [0, 0.05) is 12.7 Å². The van der Waals surface area contributed by atoms with Gasteiger partial charge in [0.15, 0.2) is 11.5 Å². The molecule has 6 heteroatoms. The van der Waals surface area contributed by atoms with E-state index < -0.39 is 0 Å². The third kappa shape index (κ3) is 2.95. The van der Waals surface area contributed by atoms with Crippen LogP contribution in [0.4, 0.5) is 0 Å². The molecule has 1 aliphatic rings. The van der Waals surface area contributed by atoms with Gasteiger partial charge >= 0.3 is 0 Å². The molecule has 1 aromatic carbocycles. The Morgan fingerprint density at radius 3 is 2.84 bits per heavy atom. The minimum Gasteiger partial charge on any atom is -0.497 e. The maximum absolute atomic E-state index is 12.8. The van der Waals surface area contributed by atoms with Crippen molar-refractivity contribution in [3.05, 3.63) is 60.0 Å². The van der Waals surface area contributed by atoms with Crippen molar-refractivity contribution < 1.29 is 9.53 Å². The fourth-order valence-corrected chi connectivity index (χ4v) is 3.44. The van der Waals surface area contributed by atoms with Crippen molar-refractivity contribution in [1.29, 1.82) is 0 Å². The second-order valence-electron chi connectivity index (χ2n) is 6.26. The standard InChI is InChI=1S/C19H20N4O2/c1-25-15-9-7-14(8-10-15)13-18(24)22-12-4-5-16(22)19-21-20-17-6-2-3-11-23(17)19/h2-3,6-11,16H,4-5,12-13H2,1H3/t16-/m1/s1. The maximum Gasteiger partial charge on any atom is 0.227 e. The van der Waals surface area contributed by atoms with Crippen LogP contribution in [0.3, 0.4) is 0 Å². The second-order valence-corrected chi connectivity index (χ2v) is 6.26. The van der Waals surface area contributed by atoms with Crippen LogP contribution in [-0.2, 0) is 11.2 Å². The van der Waals surface area contributed by atoms with Gasteiger partial charge in [0.05, 0.1) is 19.6 Å². The van der Waals surface area contributed by atoms with E-state index in [4.69, 9.17) is 4.74 Å². The van der Waals surface area contributed by atoms with Crippen molar-refractivity contribution in [2.24, 2.45) is 0 Å². The molecular formula is C19H20N4O2. The molecular weight excluding hydrogens is 316 g/mol. The number of amides is 1. The molecule has 128 valence electrons. The van der Waals surface area contributed by atoms with Crippen LogP contribution >= 0.6 is 0 Å². The lowest BCUT2D eigenvalue weighted by molar-refractivity contribution is -0.131. The summed E-state index contributed by atoms with van der Waals surface area (Å²) in [6, 6.07) is 13.5. The number of pyridine rings is 1. The molecule has 0 spiro atoms. The smallest absolute Gasteiger partial charge is 0.227 e. The lowest BCUT2D eigenvalue weighted by Crippen LogP contribution is -2.32. The predicted octanol–water partition coefficient (Wildman–Crippen LogP) is 2.64. The van der Waals surface area contributed by atoms with Crippen molar-refractivity contribution >= 4 is 11.6 Å². The fourth-order valence-electron chi connectivity index (χ4n) is 3.44. The Kier molecular flexibility index (Phi) is 4.09. The number of hydrogen-bond donors (Lipinski definition) is 0. The van der Waals surface area contributed by atoms with Crippen molar-refractivity contribution in [2.45, 2.75) is 25.3 Å². The highest BCUT2D eigenvalue weighted by molar-refractivity contribution is 5.79. The average molecular weight is 336 g/mol. The Hall–Kier alpha value is -2.89. The number of fused-ring (bicyclic) bond motifs is 1. The molecule has 6 nitrogen and oxygen atoms in total. The van der Waals surface area contributed by atoms with Crippen LogP contribution in [0, 0.1) is 0 Å². The zero-order valence-corrected chi connectivity index (χ0v) is 14.1. The third-order valence-electron chi connectivity index (χ3n) is 4.73. The first-order chi connectivity index (χ1) is 12.3. The van der Waals surface area contributed by atoms with E-state index in [1.165, 1.54) is 0 Å². The maximum atomic E-state index is 12.8. The van der Waals surface area contributed by atoms with Crippen molar-refractivity contribution in [1.82, 2.24) is 19.5 Å². The molecule has 0 aliphatic carbocycles. The molecule has 3 aromatic rings. The Labute approximate surface area is 146 Å². The van der Waals surface area contributed by atoms with Crippen LogP contribution in [0.1, 0.15) is 30.3 Å². The molecule has 0 N–H and O–H groups in total. The minimum atomic E-state index is -0.0110. The van der Waals surface area contributed by atoms with E-state index in [0.717, 1.165) is 42.2 Å². The molecule has 25 heavy (non-hydrogen) atoms. The number of carbonyl (C=O) groups excluding carboxylic acids is 1. The molecule has 1 fully saturated rings. The molecule has 1 saturated heterocycles. The Morgan fingerprint density at radius 1 is 1.20 bits per heavy atom. The second kappa shape index (κ2) is 6.55. The number of nitrogens with zero attached hydrogens (tertiary/aromatic N) is 4. The van der Waals surface area contributed by atoms with Gasteiger partial charge < -0.3 is 9.64 Å². The highest BCUT2D eigenvalue weighted by Gasteiger charge is 2.33. The molecule has 4 rings (SSSR count). The first-order valence-corrected chi connectivity index (χ1v) is 8.48. The SMILES string of the molecule is COc1ccc(CC(=O)N2CCC[C@@H]2c2nnc3ccccn23)cc1. The van der Waals surface area contributed by atoms with E-state index in [9.17, 15) is 4.79 Å². The van der Waals surface area contributed by atoms with Crippen molar-refractivity contribution in [3.8, 4) is 5.75 Å². The molecule has 1 atom stereocenters. The lowest BCUT2D eigenvalue weighted by Gasteiger charge is -2.23. The first kappa shape index (κ1) is 15.6. The summed E-state index contributed by atoms with van der Waals surface area (Å²) in [5.41, 5.74) is 1.80. The number of ether oxygens (including phenoxy) is 1. The van der Waals surface area contributed by atoms with Gasteiger partial charge in [0.25, 0.3) is 0 Å². The van der Waals surface area contributed by atoms with E-state index in [0.29, 0.717) is 6.42 Å².